The van der Waals surface area contributed by atoms with Crippen LogP contribution in [0.3, 0.4) is 0 Å². The molecular formula is C16H20N2O3. The van der Waals surface area contributed by atoms with Gasteiger partial charge >= 0.3 is 0 Å². The maximum absolute atomic E-state index is 12.7. The Morgan fingerprint density at radius 1 is 1.10 bits per heavy atom. The molecule has 3 rings (SSSR count). The number of benzene rings is 1. The summed E-state index contributed by atoms with van der Waals surface area (Å²) in [5.74, 6) is 0.677. The lowest BCUT2D eigenvalue weighted by atomic mass is 9.78. The van der Waals surface area contributed by atoms with Gasteiger partial charge in [0.1, 0.15) is 0 Å². The second-order valence-electron chi connectivity index (χ2n) is 6.06. The molecule has 2 aliphatic rings. The summed E-state index contributed by atoms with van der Waals surface area (Å²) in [5, 5.41) is 10.7. The predicted molar refractivity (Wildman–Crippen MR) is 79.1 cm³/mol. The van der Waals surface area contributed by atoms with E-state index in [9.17, 15) is 14.9 Å². The van der Waals surface area contributed by atoms with Crippen LogP contribution in [0.2, 0.25) is 0 Å². The summed E-state index contributed by atoms with van der Waals surface area (Å²) in [6.45, 7) is 0.816. The molecule has 2 atom stereocenters. The predicted octanol–water partition coefficient (Wildman–Crippen LogP) is 3.39. The van der Waals surface area contributed by atoms with Gasteiger partial charge in [-0.3, -0.25) is 14.9 Å². The Kier molecular flexibility index (Phi) is 3.90. The van der Waals surface area contributed by atoms with E-state index in [0.717, 1.165) is 19.4 Å². The number of piperidine rings is 1. The summed E-state index contributed by atoms with van der Waals surface area (Å²) in [4.78, 5) is 24.9. The Hall–Kier alpha value is -1.91. The minimum Gasteiger partial charge on any atom is -0.335 e. The number of hydrogen-bond donors (Lipinski definition) is 0. The standard InChI is InChI=1S/C16H20N2O3/c19-16(13-7-9-14(10-8-13)18(20)21)17-11-3-5-12-4-1-2-6-15(12)17/h7-10,12,15H,1-6,11H2. The first-order valence-corrected chi connectivity index (χ1v) is 7.72. The maximum Gasteiger partial charge on any atom is 0.269 e. The zero-order chi connectivity index (χ0) is 14.8. The molecule has 0 bridgehead atoms. The average Bonchev–Trinajstić information content (AvgIpc) is 2.53. The highest BCUT2D eigenvalue weighted by atomic mass is 16.6. The summed E-state index contributed by atoms with van der Waals surface area (Å²) in [6, 6.07) is 6.35. The van der Waals surface area contributed by atoms with Gasteiger partial charge in [0.2, 0.25) is 0 Å². The first kappa shape index (κ1) is 14.0. The average molecular weight is 288 g/mol. The molecule has 0 radical (unpaired) electrons. The highest BCUT2D eigenvalue weighted by molar-refractivity contribution is 5.94. The lowest BCUT2D eigenvalue weighted by Crippen LogP contribution is -2.49. The Labute approximate surface area is 124 Å². The minimum absolute atomic E-state index is 0.0285. The number of nitrogens with zero attached hydrogens (tertiary/aromatic N) is 2. The summed E-state index contributed by atoms with van der Waals surface area (Å²) < 4.78 is 0. The molecule has 1 saturated carbocycles. The second kappa shape index (κ2) is 5.84. The SMILES string of the molecule is O=C(c1ccc([N+](=O)[O-])cc1)N1CCCC2CCCCC21. The molecule has 2 fully saturated rings. The van der Waals surface area contributed by atoms with Crippen molar-refractivity contribution in [1.82, 2.24) is 4.90 Å². The van der Waals surface area contributed by atoms with Crippen LogP contribution in [-0.4, -0.2) is 28.3 Å². The fraction of sp³-hybridized carbons (Fsp3) is 0.562. The first-order valence-electron chi connectivity index (χ1n) is 7.72. The van der Waals surface area contributed by atoms with E-state index >= 15 is 0 Å². The van der Waals surface area contributed by atoms with Crippen LogP contribution >= 0.6 is 0 Å². The molecular weight excluding hydrogens is 268 g/mol. The highest BCUT2D eigenvalue weighted by Crippen LogP contribution is 2.36. The molecule has 1 aromatic carbocycles. The van der Waals surface area contributed by atoms with E-state index in [2.05, 4.69) is 0 Å². The maximum atomic E-state index is 12.7. The van der Waals surface area contributed by atoms with Crippen LogP contribution in [0, 0.1) is 16.0 Å². The molecule has 0 aromatic heterocycles. The number of hydrogen-bond acceptors (Lipinski definition) is 3. The van der Waals surface area contributed by atoms with Gasteiger partial charge in [-0.15, -0.1) is 0 Å². The zero-order valence-corrected chi connectivity index (χ0v) is 12.0. The Morgan fingerprint density at radius 2 is 1.76 bits per heavy atom. The van der Waals surface area contributed by atoms with Crippen LogP contribution in [0.5, 0.6) is 0 Å². The fourth-order valence-corrected chi connectivity index (χ4v) is 3.77. The van der Waals surface area contributed by atoms with Gasteiger partial charge in [-0.25, -0.2) is 0 Å². The lowest BCUT2D eigenvalue weighted by molar-refractivity contribution is -0.384. The van der Waals surface area contributed by atoms with Gasteiger partial charge in [-0.05, 0) is 43.7 Å². The largest absolute Gasteiger partial charge is 0.335 e. The van der Waals surface area contributed by atoms with Gasteiger partial charge < -0.3 is 4.90 Å². The van der Waals surface area contributed by atoms with Crippen molar-refractivity contribution in [2.24, 2.45) is 5.92 Å². The van der Waals surface area contributed by atoms with Crippen molar-refractivity contribution in [2.75, 3.05) is 6.54 Å². The number of amides is 1. The second-order valence-corrected chi connectivity index (χ2v) is 6.06. The van der Waals surface area contributed by atoms with E-state index in [0.29, 0.717) is 17.5 Å². The van der Waals surface area contributed by atoms with E-state index in [-0.39, 0.29) is 11.6 Å². The van der Waals surface area contributed by atoms with E-state index in [4.69, 9.17) is 0 Å². The van der Waals surface area contributed by atoms with Crippen LogP contribution in [0.4, 0.5) is 5.69 Å². The third-order valence-corrected chi connectivity index (χ3v) is 4.83. The molecule has 1 amide bonds. The van der Waals surface area contributed by atoms with Gasteiger partial charge in [-0.1, -0.05) is 12.8 Å². The Morgan fingerprint density at radius 3 is 2.48 bits per heavy atom. The monoisotopic (exact) mass is 288 g/mol. The number of fused-ring (bicyclic) bond motifs is 1. The Bertz CT molecular complexity index is 539. The van der Waals surface area contributed by atoms with Crippen molar-refractivity contribution in [1.29, 1.82) is 0 Å². The number of nitro groups is 1. The zero-order valence-electron chi connectivity index (χ0n) is 12.0. The third-order valence-electron chi connectivity index (χ3n) is 4.83. The van der Waals surface area contributed by atoms with Crippen LogP contribution in [0.1, 0.15) is 48.9 Å². The molecule has 1 aliphatic carbocycles. The molecule has 21 heavy (non-hydrogen) atoms. The Balaban J connectivity index is 1.78. The molecule has 5 heteroatoms. The normalized spacial score (nSPS) is 25.2. The molecule has 5 nitrogen and oxygen atoms in total. The quantitative estimate of drug-likeness (QED) is 0.619. The van der Waals surface area contributed by atoms with Crippen molar-refractivity contribution >= 4 is 11.6 Å². The smallest absolute Gasteiger partial charge is 0.269 e. The van der Waals surface area contributed by atoms with Gasteiger partial charge in [0.15, 0.2) is 0 Å². The number of likely N-dealkylation sites (tertiary alicyclic amines) is 1. The van der Waals surface area contributed by atoms with Gasteiger partial charge in [-0.2, -0.15) is 0 Å². The summed E-state index contributed by atoms with van der Waals surface area (Å²) >= 11 is 0. The molecule has 1 aromatic rings. The van der Waals surface area contributed by atoms with E-state index in [1.807, 2.05) is 4.90 Å². The van der Waals surface area contributed by atoms with E-state index in [1.54, 1.807) is 12.1 Å². The van der Waals surface area contributed by atoms with Crippen LogP contribution in [-0.2, 0) is 0 Å². The van der Waals surface area contributed by atoms with E-state index in [1.165, 1.54) is 37.8 Å². The van der Waals surface area contributed by atoms with Crippen molar-refractivity contribution in [2.45, 2.75) is 44.6 Å². The summed E-state index contributed by atoms with van der Waals surface area (Å²) in [5.41, 5.74) is 0.590. The highest BCUT2D eigenvalue weighted by Gasteiger charge is 2.35. The molecule has 2 unspecified atom stereocenters. The third kappa shape index (κ3) is 2.77. The van der Waals surface area contributed by atoms with Crippen molar-refractivity contribution in [3.63, 3.8) is 0 Å². The van der Waals surface area contributed by atoms with Crippen molar-refractivity contribution < 1.29 is 9.72 Å². The number of carbonyl (C=O) groups is 1. The fourth-order valence-electron chi connectivity index (χ4n) is 3.77. The summed E-state index contributed by atoms with van der Waals surface area (Å²) in [6.07, 6.45) is 7.11. The summed E-state index contributed by atoms with van der Waals surface area (Å²) in [7, 11) is 0. The van der Waals surface area contributed by atoms with Crippen LogP contribution in [0.25, 0.3) is 0 Å². The van der Waals surface area contributed by atoms with Crippen molar-refractivity contribution in [3.05, 3.63) is 39.9 Å². The van der Waals surface area contributed by atoms with Crippen LogP contribution < -0.4 is 0 Å². The lowest BCUT2D eigenvalue weighted by Gasteiger charge is -2.44. The molecule has 0 N–H and O–H groups in total. The first-order chi connectivity index (χ1) is 10.2. The molecule has 1 aliphatic heterocycles. The van der Waals surface area contributed by atoms with Gasteiger partial charge in [0, 0.05) is 30.3 Å². The number of rotatable bonds is 2. The van der Waals surface area contributed by atoms with Crippen molar-refractivity contribution in [3.8, 4) is 0 Å². The minimum atomic E-state index is -0.438. The van der Waals surface area contributed by atoms with Gasteiger partial charge in [0.05, 0.1) is 4.92 Å². The number of non-ortho nitro benzene ring substituents is 1. The molecule has 1 heterocycles. The van der Waals surface area contributed by atoms with E-state index < -0.39 is 4.92 Å². The molecule has 112 valence electrons. The topological polar surface area (TPSA) is 63.4 Å². The molecule has 1 saturated heterocycles. The molecule has 0 spiro atoms. The number of carbonyl (C=O) groups excluding carboxylic acids is 1. The number of nitro benzene ring substituents is 1. The van der Waals surface area contributed by atoms with Gasteiger partial charge in [0.25, 0.3) is 11.6 Å². The van der Waals surface area contributed by atoms with Crippen LogP contribution in [0.15, 0.2) is 24.3 Å².